The summed E-state index contributed by atoms with van der Waals surface area (Å²) in [5, 5.41) is 19.5. The highest BCUT2D eigenvalue weighted by molar-refractivity contribution is 5.71. The zero-order valence-electron chi connectivity index (χ0n) is 23.3. The molecular weight excluding hydrogens is 542 g/mol. The van der Waals surface area contributed by atoms with Gasteiger partial charge in [0.15, 0.2) is 40.5 Å². The van der Waals surface area contributed by atoms with E-state index in [4.69, 9.17) is 13.9 Å². The number of oxazole rings is 1. The van der Waals surface area contributed by atoms with Crippen LogP contribution in [0.15, 0.2) is 77.3 Å². The van der Waals surface area contributed by atoms with Crippen molar-refractivity contribution in [3.63, 3.8) is 0 Å². The van der Waals surface area contributed by atoms with Crippen LogP contribution >= 0.6 is 0 Å². The Balaban J connectivity index is 1.39. The van der Waals surface area contributed by atoms with E-state index in [-0.39, 0.29) is 12.2 Å². The number of aryl methyl sites for hydroxylation is 1. The lowest BCUT2D eigenvalue weighted by Gasteiger charge is -2.38. The summed E-state index contributed by atoms with van der Waals surface area (Å²) in [6.45, 7) is 4.41. The average molecular weight is 573 g/mol. The van der Waals surface area contributed by atoms with Crippen molar-refractivity contribution >= 4 is 0 Å². The number of halogens is 2. The van der Waals surface area contributed by atoms with Crippen molar-refractivity contribution in [2.45, 2.75) is 58.0 Å². The third-order valence-electron chi connectivity index (χ3n) is 7.31. The van der Waals surface area contributed by atoms with Gasteiger partial charge in [-0.25, -0.2) is 13.8 Å². The minimum Gasteiger partial charge on any atom is -0.488 e. The van der Waals surface area contributed by atoms with Gasteiger partial charge in [-0.15, -0.1) is 10.2 Å². The number of hydrogen-bond acceptors (Lipinski definition) is 7. The van der Waals surface area contributed by atoms with E-state index in [0.717, 1.165) is 28.8 Å². The average Bonchev–Trinajstić information content (AvgIpc) is 3.61. The number of aliphatic hydroxyl groups excluding tert-OH is 1. The van der Waals surface area contributed by atoms with Crippen LogP contribution in [0.1, 0.15) is 43.5 Å². The monoisotopic (exact) mass is 572 g/mol. The van der Waals surface area contributed by atoms with Crippen LogP contribution in [-0.2, 0) is 18.8 Å². The van der Waals surface area contributed by atoms with Crippen molar-refractivity contribution in [1.29, 1.82) is 0 Å². The summed E-state index contributed by atoms with van der Waals surface area (Å²) < 4.78 is 48.0. The predicted octanol–water partition coefficient (Wildman–Crippen LogP) is 6.60. The van der Waals surface area contributed by atoms with Crippen molar-refractivity contribution in [3.05, 3.63) is 102 Å². The van der Waals surface area contributed by atoms with E-state index >= 15 is 0 Å². The van der Waals surface area contributed by atoms with Crippen molar-refractivity contribution in [2.75, 3.05) is 0 Å². The van der Waals surface area contributed by atoms with Crippen LogP contribution in [0.3, 0.4) is 0 Å². The maximum atomic E-state index is 14.0. The molecule has 216 valence electrons. The SMILES string of the molecule is Cc1ncc(-c2ccc(-c3nnc4n3CCCC4(CC(C)O)Oc3ccc(F)c(F)c3)cc2OCc2ccccc2)o1. The van der Waals surface area contributed by atoms with Crippen LogP contribution in [0.2, 0.25) is 0 Å². The number of aliphatic hydroxyl groups is 1. The lowest BCUT2D eigenvalue weighted by atomic mass is 9.87. The van der Waals surface area contributed by atoms with Gasteiger partial charge < -0.3 is 23.6 Å². The van der Waals surface area contributed by atoms with Crippen LogP contribution in [0, 0.1) is 18.6 Å². The van der Waals surface area contributed by atoms with Crippen LogP contribution in [0.25, 0.3) is 22.7 Å². The number of rotatable bonds is 9. The van der Waals surface area contributed by atoms with Crippen LogP contribution in [-0.4, -0.2) is 31.0 Å². The van der Waals surface area contributed by atoms with Crippen LogP contribution < -0.4 is 9.47 Å². The Bertz CT molecular complexity index is 1700. The van der Waals surface area contributed by atoms with Gasteiger partial charge in [0.05, 0.1) is 17.9 Å². The molecule has 8 nitrogen and oxygen atoms in total. The summed E-state index contributed by atoms with van der Waals surface area (Å²) >= 11 is 0. The van der Waals surface area contributed by atoms with E-state index in [1.54, 1.807) is 20.0 Å². The minimum absolute atomic E-state index is 0.149. The highest BCUT2D eigenvalue weighted by Crippen LogP contribution is 2.42. The summed E-state index contributed by atoms with van der Waals surface area (Å²) in [5.74, 6) is 1.00. The fourth-order valence-electron chi connectivity index (χ4n) is 5.48. The molecule has 10 heteroatoms. The lowest BCUT2D eigenvalue weighted by molar-refractivity contribution is -0.0157. The largest absolute Gasteiger partial charge is 0.488 e. The molecule has 0 spiro atoms. The van der Waals surface area contributed by atoms with E-state index in [2.05, 4.69) is 15.2 Å². The molecule has 0 aliphatic carbocycles. The molecule has 0 fully saturated rings. The van der Waals surface area contributed by atoms with E-state index in [0.29, 0.717) is 55.0 Å². The summed E-state index contributed by atoms with van der Waals surface area (Å²) in [4.78, 5) is 4.24. The van der Waals surface area contributed by atoms with E-state index in [9.17, 15) is 13.9 Å². The molecule has 3 heterocycles. The van der Waals surface area contributed by atoms with Gasteiger partial charge in [-0.1, -0.05) is 36.4 Å². The van der Waals surface area contributed by atoms with Gasteiger partial charge in [0.1, 0.15) is 18.1 Å². The summed E-state index contributed by atoms with van der Waals surface area (Å²) in [6, 6.07) is 19.0. The molecule has 3 aromatic carbocycles. The summed E-state index contributed by atoms with van der Waals surface area (Å²) in [7, 11) is 0. The number of benzene rings is 3. The minimum atomic E-state index is -1.09. The molecule has 1 aliphatic heterocycles. The zero-order chi connectivity index (χ0) is 29.3. The number of nitrogens with zero attached hydrogens (tertiary/aromatic N) is 4. The first-order valence-electron chi connectivity index (χ1n) is 13.8. The quantitative estimate of drug-likeness (QED) is 0.213. The number of ether oxygens (including phenoxy) is 2. The van der Waals surface area contributed by atoms with Gasteiger partial charge in [0, 0.05) is 31.5 Å². The number of hydrogen-bond donors (Lipinski definition) is 1. The van der Waals surface area contributed by atoms with Crippen molar-refractivity contribution in [1.82, 2.24) is 19.7 Å². The number of fused-ring (bicyclic) bond motifs is 1. The molecule has 1 aliphatic rings. The first-order valence-corrected chi connectivity index (χ1v) is 13.8. The smallest absolute Gasteiger partial charge is 0.191 e. The molecule has 0 amide bonds. The second kappa shape index (κ2) is 11.4. The van der Waals surface area contributed by atoms with E-state index in [1.165, 1.54) is 6.07 Å². The Morgan fingerprint density at radius 2 is 1.88 bits per heavy atom. The van der Waals surface area contributed by atoms with Gasteiger partial charge in [0.25, 0.3) is 0 Å². The molecular formula is C32H30F2N4O4. The second-order valence-corrected chi connectivity index (χ2v) is 10.6. The zero-order valence-corrected chi connectivity index (χ0v) is 23.3. The Labute approximate surface area is 241 Å². The van der Waals surface area contributed by atoms with Crippen molar-refractivity contribution in [2.24, 2.45) is 0 Å². The molecule has 2 unspecified atom stereocenters. The molecule has 42 heavy (non-hydrogen) atoms. The molecule has 0 saturated carbocycles. The maximum Gasteiger partial charge on any atom is 0.191 e. The number of aromatic nitrogens is 4. The third kappa shape index (κ3) is 5.49. The topological polar surface area (TPSA) is 95.4 Å². The fraction of sp³-hybridized carbons (Fsp3) is 0.281. The van der Waals surface area contributed by atoms with Gasteiger partial charge in [0.2, 0.25) is 0 Å². The predicted molar refractivity (Wildman–Crippen MR) is 151 cm³/mol. The first-order chi connectivity index (χ1) is 20.3. The summed E-state index contributed by atoms with van der Waals surface area (Å²) in [6.07, 6.45) is 2.33. The standard InChI is InChI=1S/C32H30F2N4O4/c1-20(39)17-32(42-24-10-12-26(33)27(34)16-24)13-6-14-38-30(36-37-31(32)38)23-9-11-25(29-18-35-21(2)41-29)28(15-23)40-19-22-7-4-3-5-8-22/h3-5,7-12,15-16,18,20,39H,6,13-14,17,19H2,1-2H3. The highest BCUT2D eigenvalue weighted by Gasteiger charge is 2.44. The second-order valence-electron chi connectivity index (χ2n) is 10.6. The fourth-order valence-corrected chi connectivity index (χ4v) is 5.48. The van der Waals surface area contributed by atoms with Crippen LogP contribution in [0.4, 0.5) is 8.78 Å². The van der Waals surface area contributed by atoms with E-state index < -0.39 is 23.3 Å². The molecule has 1 N–H and O–H groups in total. The highest BCUT2D eigenvalue weighted by atomic mass is 19.2. The Kier molecular flexibility index (Phi) is 7.47. The molecule has 0 saturated heterocycles. The Morgan fingerprint density at radius 3 is 2.62 bits per heavy atom. The Morgan fingerprint density at radius 1 is 1.05 bits per heavy atom. The maximum absolute atomic E-state index is 14.0. The van der Waals surface area contributed by atoms with Crippen molar-refractivity contribution in [3.8, 4) is 34.2 Å². The third-order valence-corrected chi connectivity index (χ3v) is 7.31. The van der Waals surface area contributed by atoms with Gasteiger partial charge >= 0.3 is 0 Å². The van der Waals surface area contributed by atoms with Gasteiger partial charge in [-0.05, 0) is 49.6 Å². The first kappa shape index (κ1) is 27.6. The molecule has 0 bridgehead atoms. The van der Waals surface area contributed by atoms with Gasteiger partial charge in [-0.3, -0.25) is 0 Å². The molecule has 5 aromatic rings. The molecule has 6 rings (SSSR count). The molecule has 0 radical (unpaired) electrons. The van der Waals surface area contributed by atoms with Gasteiger partial charge in [-0.2, -0.15) is 0 Å². The van der Waals surface area contributed by atoms with Crippen molar-refractivity contribution < 1.29 is 27.8 Å². The summed E-state index contributed by atoms with van der Waals surface area (Å²) in [5.41, 5.74) is 1.43. The molecule has 2 aromatic heterocycles. The van der Waals surface area contributed by atoms with E-state index in [1.807, 2.05) is 53.1 Å². The lowest BCUT2D eigenvalue weighted by Crippen LogP contribution is -2.42. The molecule has 2 atom stereocenters. The normalized spacial score (nSPS) is 17.1. The van der Waals surface area contributed by atoms with Crippen LogP contribution in [0.5, 0.6) is 11.5 Å². The Hall–Kier alpha value is -4.57.